The summed E-state index contributed by atoms with van der Waals surface area (Å²) < 4.78 is 21.1. The van der Waals surface area contributed by atoms with Gasteiger partial charge in [-0.1, -0.05) is 51.1 Å². The minimum atomic E-state index is -0.400. The molecule has 1 heterocycles. The molecule has 1 fully saturated rings. The van der Waals surface area contributed by atoms with Gasteiger partial charge >= 0.3 is 0 Å². The van der Waals surface area contributed by atoms with Crippen LogP contribution in [0.1, 0.15) is 51.7 Å². The monoisotopic (exact) mass is 412 g/mol. The SMILES string of the molecule is Cc1cc(N2CCO[C@@](C)(c3ccccc3)CC2)cc(F)c1NC(=O)CC(C)(C)C. The maximum atomic E-state index is 14.9. The van der Waals surface area contributed by atoms with Gasteiger partial charge in [0.2, 0.25) is 5.91 Å². The van der Waals surface area contributed by atoms with E-state index in [1.807, 2.05) is 52.0 Å². The maximum Gasteiger partial charge on any atom is 0.224 e. The van der Waals surface area contributed by atoms with E-state index in [0.717, 1.165) is 29.8 Å². The third-order valence-corrected chi connectivity index (χ3v) is 5.62. The average Bonchev–Trinajstić information content (AvgIpc) is 2.87. The third kappa shape index (κ3) is 5.39. The van der Waals surface area contributed by atoms with E-state index < -0.39 is 5.82 Å². The van der Waals surface area contributed by atoms with Crippen LogP contribution < -0.4 is 10.2 Å². The molecule has 2 aromatic carbocycles. The molecule has 162 valence electrons. The summed E-state index contributed by atoms with van der Waals surface area (Å²) in [5.74, 6) is -0.567. The summed E-state index contributed by atoms with van der Waals surface area (Å²) in [6.45, 7) is 11.9. The predicted octanol–water partition coefficient (Wildman–Crippen LogP) is 5.65. The Morgan fingerprint density at radius 3 is 2.53 bits per heavy atom. The smallest absolute Gasteiger partial charge is 0.224 e. The molecule has 1 aliphatic rings. The molecule has 0 radical (unpaired) electrons. The van der Waals surface area contributed by atoms with Crippen LogP contribution in [0.2, 0.25) is 0 Å². The van der Waals surface area contributed by atoms with Crippen LogP contribution in [0.4, 0.5) is 15.8 Å². The van der Waals surface area contributed by atoms with Crippen LogP contribution >= 0.6 is 0 Å². The van der Waals surface area contributed by atoms with Gasteiger partial charge in [0, 0.05) is 25.2 Å². The predicted molar refractivity (Wildman–Crippen MR) is 120 cm³/mol. The minimum Gasteiger partial charge on any atom is -0.369 e. The van der Waals surface area contributed by atoms with Crippen LogP contribution in [0.25, 0.3) is 0 Å². The van der Waals surface area contributed by atoms with Crippen molar-refractivity contribution < 1.29 is 13.9 Å². The van der Waals surface area contributed by atoms with Crippen LogP contribution in [-0.4, -0.2) is 25.6 Å². The maximum absolute atomic E-state index is 14.9. The van der Waals surface area contributed by atoms with Crippen molar-refractivity contribution in [3.63, 3.8) is 0 Å². The van der Waals surface area contributed by atoms with Crippen molar-refractivity contribution in [1.29, 1.82) is 0 Å². The Labute approximate surface area is 179 Å². The fourth-order valence-electron chi connectivity index (χ4n) is 3.92. The van der Waals surface area contributed by atoms with Crippen LogP contribution in [0.5, 0.6) is 0 Å². The Bertz CT molecular complexity index is 869. The summed E-state index contributed by atoms with van der Waals surface area (Å²) in [5, 5.41) is 2.75. The lowest BCUT2D eigenvalue weighted by Crippen LogP contribution is -2.28. The molecular formula is C25H33FN2O2. The molecule has 0 spiro atoms. The zero-order chi connectivity index (χ0) is 21.9. The van der Waals surface area contributed by atoms with Gasteiger partial charge < -0.3 is 15.0 Å². The van der Waals surface area contributed by atoms with Gasteiger partial charge in [-0.15, -0.1) is 0 Å². The average molecular weight is 413 g/mol. The van der Waals surface area contributed by atoms with Crippen molar-refractivity contribution >= 4 is 17.3 Å². The highest BCUT2D eigenvalue weighted by atomic mass is 19.1. The van der Waals surface area contributed by atoms with Gasteiger partial charge in [0.25, 0.3) is 0 Å². The van der Waals surface area contributed by atoms with E-state index in [2.05, 4.69) is 29.3 Å². The van der Waals surface area contributed by atoms with Crippen LogP contribution in [-0.2, 0) is 15.1 Å². The fourth-order valence-corrected chi connectivity index (χ4v) is 3.92. The number of halogens is 1. The van der Waals surface area contributed by atoms with E-state index in [4.69, 9.17) is 4.74 Å². The number of rotatable bonds is 4. The van der Waals surface area contributed by atoms with E-state index in [0.29, 0.717) is 19.6 Å². The molecule has 1 amide bonds. The third-order valence-electron chi connectivity index (χ3n) is 5.62. The number of benzene rings is 2. The van der Waals surface area contributed by atoms with Crippen molar-refractivity contribution in [2.75, 3.05) is 29.9 Å². The topological polar surface area (TPSA) is 41.6 Å². The molecule has 2 aromatic rings. The summed E-state index contributed by atoms with van der Waals surface area (Å²) in [6, 6.07) is 13.7. The summed E-state index contributed by atoms with van der Waals surface area (Å²) in [5.41, 5.74) is 2.47. The standard InChI is InChI=1S/C25H33FN2O2/c1-18-15-20(16-21(26)23(18)27-22(29)17-24(2,3)4)28-12-11-25(5,30-14-13-28)19-9-7-6-8-10-19/h6-10,15-16H,11-14,17H2,1-5H3,(H,27,29)/t25-/m1/s1. The van der Waals surface area contributed by atoms with Crippen LogP contribution in [0, 0.1) is 18.2 Å². The first-order chi connectivity index (χ1) is 14.1. The van der Waals surface area contributed by atoms with E-state index in [-0.39, 0.29) is 22.6 Å². The lowest BCUT2D eigenvalue weighted by atomic mass is 9.92. The molecule has 1 saturated heterocycles. The summed E-state index contributed by atoms with van der Waals surface area (Å²) in [6.07, 6.45) is 1.15. The van der Waals surface area contributed by atoms with Crippen molar-refractivity contribution in [1.82, 2.24) is 0 Å². The highest BCUT2D eigenvalue weighted by molar-refractivity contribution is 5.92. The van der Waals surface area contributed by atoms with E-state index in [9.17, 15) is 9.18 Å². The molecule has 30 heavy (non-hydrogen) atoms. The lowest BCUT2D eigenvalue weighted by molar-refractivity contribution is -0.117. The number of amides is 1. The molecule has 4 nitrogen and oxygen atoms in total. The molecule has 0 aliphatic carbocycles. The highest BCUT2D eigenvalue weighted by Gasteiger charge is 2.31. The van der Waals surface area contributed by atoms with Crippen molar-refractivity contribution in [2.45, 2.75) is 53.1 Å². The Kier molecular flexibility index (Phi) is 6.51. The van der Waals surface area contributed by atoms with E-state index >= 15 is 0 Å². The van der Waals surface area contributed by atoms with Crippen molar-refractivity contribution in [2.24, 2.45) is 5.41 Å². The van der Waals surface area contributed by atoms with Crippen LogP contribution in [0.3, 0.4) is 0 Å². The Balaban J connectivity index is 1.74. The normalized spacial score (nSPS) is 20.0. The summed E-state index contributed by atoms with van der Waals surface area (Å²) in [7, 11) is 0. The van der Waals surface area contributed by atoms with Gasteiger partial charge in [-0.3, -0.25) is 4.79 Å². The number of aryl methyl sites for hydroxylation is 1. The zero-order valence-electron chi connectivity index (χ0n) is 18.7. The first-order valence-corrected chi connectivity index (χ1v) is 10.6. The van der Waals surface area contributed by atoms with Crippen LogP contribution in [0.15, 0.2) is 42.5 Å². The molecule has 1 atom stereocenters. The second-order valence-corrected chi connectivity index (χ2v) is 9.59. The number of ether oxygens (including phenoxy) is 1. The Morgan fingerprint density at radius 1 is 1.20 bits per heavy atom. The lowest BCUT2D eigenvalue weighted by Gasteiger charge is -2.29. The Morgan fingerprint density at radius 2 is 1.90 bits per heavy atom. The molecule has 1 aliphatic heterocycles. The molecule has 5 heteroatoms. The summed E-state index contributed by atoms with van der Waals surface area (Å²) >= 11 is 0. The largest absolute Gasteiger partial charge is 0.369 e. The Hall–Kier alpha value is -2.40. The highest BCUT2D eigenvalue weighted by Crippen LogP contribution is 2.34. The van der Waals surface area contributed by atoms with E-state index in [1.165, 1.54) is 6.07 Å². The second kappa shape index (κ2) is 8.76. The van der Waals surface area contributed by atoms with Gasteiger partial charge in [0.1, 0.15) is 5.82 Å². The second-order valence-electron chi connectivity index (χ2n) is 9.59. The number of carbonyl (C=O) groups is 1. The molecule has 0 aromatic heterocycles. The molecular weight excluding hydrogens is 379 g/mol. The number of carbonyl (C=O) groups excluding carboxylic acids is 1. The van der Waals surface area contributed by atoms with Crippen molar-refractivity contribution in [3.8, 4) is 0 Å². The quantitative estimate of drug-likeness (QED) is 0.705. The summed E-state index contributed by atoms with van der Waals surface area (Å²) in [4.78, 5) is 14.4. The molecule has 0 unspecified atom stereocenters. The number of hydrogen-bond acceptors (Lipinski definition) is 3. The molecule has 0 bridgehead atoms. The number of hydrogen-bond donors (Lipinski definition) is 1. The molecule has 3 rings (SSSR count). The minimum absolute atomic E-state index is 0.147. The van der Waals surface area contributed by atoms with E-state index in [1.54, 1.807) is 0 Å². The van der Waals surface area contributed by atoms with Gasteiger partial charge in [0.15, 0.2) is 0 Å². The number of anilines is 2. The van der Waals surface area contributed by atoms with Gasteiger partial charge in [-0.2, -0.15) is 0 Å². The first kappa shape index (κ1) is 22.3. The molecule has 0 saturated carbocycles. The number of nitrogens with zero attached hydrogens (tertiary/aromatic N) is 1. The van der Waals surface area contributed by atoms with Gasteiger partial charge in [-0.25, -0.2) is 4.39 Å². The number of nitrogens with one attached hydrogen (secondary N) is 1. The van der Waals surface area contributed by atoms with Gasteiger partial charge in [0.05, 0.1) is 17.9 Å². The zero-order valence-corrected chi connectivity index (χ0v) is 18.7. The molecule has 1 N–H and O–H groups in total. The fraction of sp³-hybridized carbons (Fsp3) is 0.480. The van der Waals surface area contributed by atoms with Crippen molar-refractivity contribution in [3.05, 3.63) is 59.4 Å². The van der Waals surface area contributed by atoms with Gasteiger partial charge in [-0.05, 0) is 48.9 Å². The first-order valence-electron chi connectivity index (χ1n) is 10.6.